The van der Waals surface area contributed by atoms with E-state index in [0.717, 1.165) is 16.9 Å². The molecule has 1 aliphatic rings. The summed E-state index contributed by atoms with van der Waals surface area (Å²) >= 11 is 0. The van der Waals surface area contributed by atoms with Gasteiger partial charge in [-0.15, -0.1) is 0 Å². The summed E-state index contributed by atoms with van der Waals surface area (Å²) in [5.41, 5.74) is 2.16. The first-order valence-electron chi connectivity index (χ1n) is 7.58. The monoisotopic (exact) mass is 306 g/mol. The normalized spacial score (nSPS) is 18.4. The van der Waals surface area contributed by atoms with Crippen LogP contribution >= 0.6 is 0 Å². The number of benzene rings is 2. The fourth-order valence-corrected chi connectivity index (χ4v) is 2.45. The van der Waals surface area contributed by atoms with E-state index in [2.05, 4.69) is 4.99 Å². The van der Waals surface area contributed by atoms with Crippen molar-refractivity contribution in [2.75, 3.05) is 6.61 Å². The van der Waals surface area contributed by atoms with E-state index in [0.29, 0.717) is 19.6 Å². The first-order valence-corrected chi connectivity index (χ1v) is 7.58. The quantitative estimate of drug-likeness (QED) is 0.337. The maximum Gasteiger partial charge on any atom is 0.120 e. The number of ether oxygens (including phenoxy) is 2. The summed E-state index contributed by atoms with van der Waals surface area (Å²) in [5.74, 6) is 0.142. The smallest absolute Gasteiger partial charge is 0.120 e. The van der Waals surface area contributed by atoms with Gasteiger partial charge in [0.2, 0.25) is 0 Å². The summed E-state index contributed by atoms with van der Waals surface area (Å²) in [5, 5.41) is 11.0. The molecule has 0 bridgehead atoms. The van der Waals surface area contributed by atoms with Gasteiger partial charge in [0, 0.05) is 0 Å². The van der Waals surface area contributed by atoms with E-state index in [4.69, 9.17) is 17.3 Å². The van der Waals surface area contributed by atoms with Gasteiger partial charge < -0.3 is 19.6 Å². The van der Waals surface area contributed by atoms with E-state index < -0.39 is 5.80 Å². The molecule has 1 heterocycles. The van der Waals surface area contributed by atoms with Crippen LogP contribution in [-0.2, 0) is 17.8 Å². The maximum absolute atomic E-state index is 11.0. The van der Waals surface area contributed by atoms with Crippen LogP contribution in [0.3, 0.4) is 0 Å². The second kappa shape index (κ2) is 7.33. The molecule has 1 saturated heterocycles. The Morgan fingerprint density at radius 2 is 1.96 bits per heavy atom. The third kappa shape index (κ3) is 4.86. The largest absolute Gasteiger partial charge is 0.870 e. The number of epoxide rings is 1. The summed E-state index contributed by atoms with van der Waals surface area (Å²) in [4.78, 5) is 3.93. The van der Waals surface area contributed by atoms with Crippen LogP contribution in [0.4, 0.5) is 0 Å². The highest BCUT2D eigenvalue weighted by atomic mass is 16.6. The van der Waals surface area contributed by atoms with Crippen LogP contribution in [0.5, 0.6) is 5.75 Å². The molecule has 2 aromatic rings. The van der Waals surface area contributed by atoms with Crippen LogP contribution in [0.1, 0.15) is 11.1 Å². The molecule has 0 spiro atoms. The van der Waals surface area contributed by atoms with Gasteiger partial charge in [-0.25, -0.2) is 0 Å². The van der Waals surface area contributed by atoms with Crippen molar-refractivity contribution in [3.05, 3.63) is 65.7 Å². The lowest BCUT2D eigenvalue weighted by Gasteiger charge is -2.15. The molecule has 0 N–H and O–H groups in total. The van der Waals surface area contributed by atoms with Crippen molar-refractivity contribution in [1.82, 2.24) is 0 Å². The first kappa shape index (κ1) is 15.6. The first-order chi connectivity index (χ1) is 11.2. The minimum Gasteiger partial charge on any atom is -0.870 e. The Labute approximate surface area is 137 Å². The number of nitrogens with zero attached hydrogens (tertiary/aromatic N) is 1. The lowest BCUT2D eigenvalue weighted by Crippen LogP contribution is -2.25. The highest BCUT2D eigenvalue weighted by Crippen LogP contribution is 2.23. The molecule has 116 valence electrons. The average molecular weight is 306 g/mol. The lowest BCUT2D eigenvalue weighted by molar-refractivity contribution is -0.208. The molecule has 3 rings (SSSR count). The van der Waals surface area contributed by atoms with Gasteiger partial charge in [0.15, 0.2) is 0 Å². The number of aliphatic imine (C=N–C) groups is 1. The molecule has 2 aromatic carbocycles. The Hall–Kier alpha value is -2.27. The van der Waals surface area contributed by atoms with Crippen molar-refractivity contribution in [1.29, 1.82) is 0 Å². The second-order valence-corrected chi connectivity index (χ2v) is 5.53. The molecule has 0 amide bonds. The Morgan fingerprint density at radius 1 is 1.22 bits per heavy atom. The van der Waals surface area contributed by atoms with Crippen LogP contribution in [0.25, 0.3) is 0 Å². The molecule has 2 atom stereocenters. The van der Waals surface area contributed by atoms with Crippen LogP contribution in [0, 0.1) is 0 Å². The molecule has 4 nitrogen and oxygen atoms in total. The topological polar surface area (TPSA) is 57.2 Å². The Bertz CT molecular complexity index is 667. The summed E-state index contributed by atoms with van der Waals surface area (Å²) < 4.78 is 11.1. The summed E-state index contributed by atoms with van der Waals surface area (Å²) in [6, 6.07) is 17.6. The molecule has 0 saturated carbocycles. The van der Waals surface area contributed by atoms with Crippen LogP contribution in [0.15, 0.2) is 59.6 Å². The molecular formula is C18H17BNO3-. The van der Waals surface area contributed by atoms with Crippen LogP contribution in [0.2, 0.25) is 0 Å². The highest BCUT2D eigenvalue weighted by Gasteiger charge is 2.32. The average Bonchev–Trinajstić information content (AvgIpc) is 3.38. The van der Waals surface area contributed by atoms with Gasteiger partial charge >= 0.3 is 0 Å². The van der Waals surface area contributed by atoms with Gasteiger partial charge in [-0.3, -0.25) is 0 Å². The minimum absolute atomic E-state index is 0.00334. The fourth-order valence-electron chi connectivity index (χ4n) is 2.45. The zero-order valence-electron chi connectivity index (χ0n) is 12.7. The molecule has 0 aliphatic carbocycles. The molecule has 1 aliphatic heterocycles. The van der Waals surface area contributed by atoms with Gasteiger partial charge in [-0.2, -0.15) is 0 Å². The van der Waals surface area contributed by atoms with Crippen molar-refractivity contribution in [3.63, 3.8) is 0 Å². The van der Waals surface area contributed by atoms with Crippen molar-refractivity contribution < 1.29 is 14.6 Å². The van der Waals surface area contributed by atoms with Gasteiger partial charge in [0.05, 0.1) is 12.6 Å². The van der Waals surface area contributed by atoms with Gasteiger partial charge in [0.1, 0.15) is 26.3 Å². The van der Waals surface area contributed by atoms with Crippen LogP contribution in [-0.4, -0.2) is 32.4 Å². The summed E-state index contributed by atoms with van der Waals surface area (Å²) in [6.45, 7) is 1.15. The fraction of sp³-hybridized carbons (Fsp3) is 0.278. The van der Waals surface area contributed by atoms with E-state index in [-0.39, 0.29) is 12.1 Å². The Morgan fingerprint density at radius 3 is 2.65 bits per heavy atom. The standard InChI is InChI=1S/C18H18BNO3/c19-18(21)20-16(17-12-23-17)10-14-7-4-8-15(9-14)22-11-13-5-2-1-3-6-13/h1-9,16-17H,10-12H2,(H,20,21)/p-1/t16-,17-/m1/s1. The van der Waals surface area contributed by atoms with Crippen LogP contribution < -0.4 is 9.84 Å². The molecule has 1 fully saturated rings. The van der Waals surface area contributed by atoms with Crippen molar-refractivity contribution >= 4 is 13.6 Å². The third-order valence-electron chi connectivity index (χ3n) is 3.67. The second-order valence-electron chi connectivity index (χ2n) is 5.53. The van der Waals surface area contributed by atoms with Gasteiger partial charge in [-0.1, -0.05) is 48.3 Å². The van der Waals surface area contributed by atoms with Crippen molar-refractivity contribution in [2.45, 2.75) is 25.2 Å². The van der Waals surface area contributed by atoms with E-state index in [1.165, 1.54) is 0 Å². The van der Waals surface area contributed by atoms with Crippen molar-refractivity contribution in [2.24, 2.45) is 4.99 Å². The van der Waals surface area contributed by atoms with E-state index >= 15 is 0 Å². The maximum atomic E-state index is 11.0. The molecule has 0 aromatic heterocycles. The third-order valence-corrected chi connectivity index (χ3v) is 3.67. The Balaban J connectivity index is 1.63. The van der Waals surface area contributed by atoms with Gasteiger partial charge in [0.25, 0.3) is 0 Å². The van der Waals surface area contributed by atoms with E-state index in [1.54, 1.807) is 0 Å². The molecule has 2 radical (unpaired) electrons. The molecule has 0 unspecified atom stereocenters. The van der Waals surface area contributed by atoms with E-state index in [1.807, 2.05) is 54.6 Å². The summed E-state index contributed by atoms with van der Waals surface area (Å²) in [7, 11) is 5.17. The molecule has 5 heteroatoms. The van der Waals surface area contributed by atoms with Gasteiger partial charge in [-0.05, 0) is 29.7 Å². The minimum atomic E-state index is -0.651. The zero-order valence-corrected chi connectivity index (χ0v) is 12.7. The lowest BCUT2D eigenvalue weighted by atomic mass is 10.0. The number of rotatable bonds is 7. The van der Waals surface area contributed by atoms with Crippen molar-refractivity contribution in [3.8, 4) is 5.75 Å². The summed E-state index contributed by atoms with van der Waals surface area (Å²) in [6.07, 6.45) is 0.604. The SMILES string of the molecule is [B]C([O-])=N[C@H](Cc1cccc(OCc2ccccc2)c1)[C@H]1CO1. The number of hydrogen-bond acceptors (Lipinski definition) is 4. The Kier molecular flexibility index (Phi) is 4.98. The zero-order chi connectivity index (χ0) is 16.1. The molecule has 23 heavy (non-hydrogen) atoms. The predicted molar refractivity (Wildman–Crippen MR) is 87.6 cm³/mol. The number of hydrogen-bond donors (Lipinski definition) is 0. The van der Waals surface area contributed by atoms with E-state index in [9.17, 15) is 5.11 Å². The molecular weight excluding hydrogens is 289 g/mol. The highest BCUT2D eigenvalue weighted by molar-refractivity contribution is 6.55. The predicted octanol–water partition coefficient (Wildman–Crippen LogP) is 1.46.